The van der Waals surface area contributed by atoms with E-state index in [9.17, 15) is 4.79 Å². The molecular weight excluding hydrogens is 276 g/mol. The minimum atomic E-state index is -0.0175. The number of anilines is 1. The molecule has 0 aliphatic carbocycles. The molecular formula is C15H21ClN2O2. The number of carbonyl (C=O) groups excluding carboxylic acids is 1. The van der Waals surface area contributed by atoms with Crippen LogP contribution in [-0.2, 0) is 4.74 Å². The molecule has 0 unspecified atom stereocenters. The Balaban J connectivity index is 2.08. The molecule has 0 aromatic heterocycles. The van der Waals surface area contributed by atoms with Gasteiger partial charge in [-0.3, -0.25) is 4.79 Å². The Morgan fingerprint density at radius 3 is 2.75 bits per heavy atom. The van der Waals surface area contributed by atoms with Crippen molar-refractivity contribution in [2.75, 3.05) is 39.2 Å². The van der Waals surface area contributed by atoms with Gasteiger partial charge in [0.1, 0.15) is 0 Å². The predicted octanol–water partition coefficient (Wildman–Crippen LogP) is 2.88. The Hall–Kier alpha value is -1.26. The lowest BCUT2D eigenvalue weighted by atomic mass is 10.00. The summed E-state index contributed by atoms with van der Waals surface area (Å²) >= 11 is 6.04. The van der Waals surface area contributed by atoms with E-state index in [2.05, 4.69) is 5.32 Å². The first-order chi connectivity index (χ1) is 9.58. The topological polar surface area (TPSA) is 41.6 Å². The maximum atomic E-state index is 12.2. The van der Waals surface area contributed by atoms with E-state index in [1.54, 1.807) is 31.1 Å². The van der Waals surface area contributed by atoms with Crippen LogP contribution in [0.3, 0.4) is 0 Å². The molecule has 1 aromatic carbocycles. The van der Waals surface area contributed by atoms with Gasteiger partial charge in [-0.15, -0.1) is 0 Å². The van der Waals surface area contributed by atoms with Crippen molar-refractivity contribution in [2.45, 2.75) is 12.8 Å². The molecule has 1 saturated heterocycles. The molecule has 4 nitrogen and oxygen atoms in total. The zero-order valence-corrected chi connectivity index (χ0v) is 12.7. The maximum absolute atomic E-state index is 12.2. The summed E-state index contributed by atoms with van der Waals surface area (Å²) < 4.78 is 5.35. The molecule has 1 aromatic rings. The molecule has 5 heteroatoms. The number of carbonyl (C=O) groups is 1. The quantitative estimate of drug-likeness (QED) is 0.929. The monoisotopic (exact) mass is 296 g/mol. The van der Waals surface area contributed by atoms with Crippen molar-refractivity contribution in [1.29, 1.82) is 0 Å². The van der Waals surface area contributed by atoms with E-state index in [1.807, 2.05) is 6.07 Å². The average Bonchev–Trinajstić information content (AvgIpc) is 2.45. The summed E-state index contributed by atoms with van der Waals surface area (Å²) in [6.45, 7) is 2.49. The van der Waals surface area contributed by atoms with Gasteiger partial charge in [-0.2, -0.15) is 0 Å². The lowest BCUT2D eigenvalue weighted by Gasteiger charge is -2.23. The molecule has 0 radical (unpaired) electrons. The summed E-state index contributed by atoms with van der Waals surface area (Å²) in [5.41, 5.74) is 1.47. The average molecular weight is 297 g/mol. The van der Waals surface area contributed by atoms with E-state index >= 15 is 0 Å². The summed E-state index contributed by atoms with van der Waals surface area (Å²) in [4.78, 5) is 13.7. The molecule has 110 valence electrons. The highest BCUT2D eigenvalue weighted by atomic mass is 35.5. The van der Waals surface area contributed by atoms with Gasteiger partial charge in [0.2, 0.25) is 0 Å². The molecule has 0 spiro atoms. The zero-order chi connectivity index (χ0) is 14.5. The number of hydrogen-bond donors (Lipinski definition) is 1. The highest BCUT2D eigenvalue weighted by Gasteiger charge is 2.17. The van der Waals surface area contributed by atoms with Crippen LogP contribution in [-0.4, -0.2) is 44.7 Å². The number of amides is 1. The third-order valence-electron chi connectivity index (χ3n) is 3.54. The van der Waals surface area contributed by atoms with Gasteiger partial charge in [-0.05, 0) is 37.0 Å². The van der Waals surface area contributed by atoms with Gasteiger partial charge in [0.25, 0.3) is 5.91 Å². The first-order valence-electron chi connectivity index (χ1n) is 6.90. The number of nitrogens with one attached hydrogen (secondary N) is 1. The highest BCUT2D eigenvalue weighted by Crippen LogP contribution is 2.23. The number of ether oxygens (including phenoxy) is 1. The largest absolute Gasteiger partial charge is 0.384 e. The SMILES string of the molecule is CN(C)C(=O)c1ccc(Cl)cc1NCC1CCOCC1. The Kier molecular flexibility index (Phi) is 5.26. The molecule has 0 saturated carbocycles. The zero-order valence-electron chi connectivity index (χ0n) is 12.0. The summed E-state index contributed by atoms with van der Waals surface area (Å²) in [6.07, 6.45) is 2.12. The molecule has 1 aliphatic rings. The van der Waals surface area contributed by atoms with E-state index in [4.69, 9.17) is 16.3 Å². The number of nitrogens with zero attached hydrogens (tertiary/aromatic N) is 1. The molecule has 2 rings (SSSR count). The Morgan fingerprint density at radius 1 is 1.40 bits per heavy atom. The van der Waals surface area contributed by atoms with Crippen LogP contribution < -0.4 is 5.32 Å². The minimum absolute atomic E-state index is 0.0175. The second-order valence-electron chi connectivity index (χ2n) is 5.33. The third-order valence-corrected chi connectivity index (χ3v) is 3.78. The fraction of sp³-hybridized carbons (Fsp3) is 0.533. The molecule has 0 atom stereocenters. The van der Waals surface area contributed by atoms with Crippen LogP contribution >= 0.6 is 11.6 Å². The third kappa shape index (κ3) is 3.87. The van der Waals surface area contributed by atoms with Crippen molar-refractivity contribution < 1.29 is 9.53 Å². The second-order valence-corrected chi connectivity index (χ2v) is 5.76. The van der Waals surface area contributed by atoms with Crippen LogP contribution in [0.15, 0.2) is 18.2 Å². The van der Waals surface area contributed by atoms with Gasteiger partial charge in [-0.25, -0.2) is 0 Å². The second kappa shape index (κ2) is 6.95. The number of halogens is 1. The van der Waals surface area contributed by atoms with Crippen LogP contribution in [0.25, 0.3) is 0 Å². The van der Waals surface area contributed by atoms with E-state index in [1.165, 1.54) is 0 Å². The van der Waals surface area contributed by atoms with Gasteiger partial charge >= 0.3 is 0 Å². The Morgan fingerprint density at radius 2 is 2.10 bits per heavy atom. The van der Waals surface area contributed by atoms with E-state index < -0.39 is 0 Å². The Bertz CT molecular complexity index is 471. The standard InChI is InChI=1S/C15H21ClN2O2/c1-18(2)15(19)13-4-3-12(16)9-14(13)17-10-11-5-7-20-8-6-11/h3-4,9,11,17H,5-8,10H2,1-2H3. The minimum Gasteiger partial charge on any atom is -0.384 e. The first-order valence-corrected chi connectivity index (χ1v) is 7.28. The van der Waals surface area contributed by atoms with Gasteiger partial charge in [0, 0.05) is 44.6 Å². The number of hydrogen-bond acceptors (Lipinski definition) is 3. The molecule has 1 aliphatic heterocycles. The normalized spacial score (nSPS) is 15.9. The van der Waals surface area contributed by atoms with E-state index in [0.29, 0.717) is 16.5 Å². The van der Waals surface area contributed by atoms with Gasteiger partial charge in [0.05, 0.1) is 5.56 Å². The highest BCUT2D eigenvalue weighted by molar-refractivity contribution is 6.31. The fourth-order valence-corrected chi connectivity index (χ4v) is 2.47. The van der Waals surface area contributed by atoms with Crippen LogP contribution in [0.1, 0.15) is 23.2 Å². The smallest absolute Gasteiger partial charge is 0.255 e. The Labute approximate surface area is 125 Å². The lowest BCUT2D eigenvalue weighted by molar-refractivity contribution is 0.0699. The molecule has 1 amide bonds. The van der Waals surface area contributed by atoms with Crippen LogP contribution in [0, 0.1) is 5.92 Å². The number of benzene rings is 1. The van der Waals surface area contributed by atoms with Crippen molar-refractivity contribution in [3.8, 4) is 0 Å². The maximum Gasteiger partial charge on any atom is 0.255 e. The first kappa shape index (κ1) is 15.1. The van der Waals surface area contributed by atoms with Crippen LogP contribution in [0.5, 0.6) is 0 Å². The van der Waals surface area contributed by atoms with Crippen LogP contribution in [0.4, 0.5) is 5.69 Å². The molecule has 1 N–H and O–H groups in total. The number of rotatable bonds is 4. The van der Waals surface area contributed by atoms with E-state index in [0.717, 1.165) is 38.3 Å². The summed E-state index contributed by atoms with van der Waals surface area (Å²) in [7, 11) is 3.50. The van der Waals surface area contributed by atoms with Gasteiger partial charge in [0.15, 0.2) is 0 Å². The fourth-order valence-electron chi connectivity index (χ4n) is 2.29. The van der Waals surface area contributed by atoms with Gasteiger partial charge < -0.3 is 15.0 Å². The van der Waals surface area contributed by atoms with E-state index in [-0.39, 0.29) is 5.91 Å². The lowest BCUT2D eigenvalue weighted by Crippen LogP contribution is -2.25. The predicted molar refractivity (Wildman–Crippen MR) is 81.5 cm³/mol. The molecule has 1 fully saturated rings. The van der Waals surface area contributed by atoms with Gasteiger partial charge in [-0.1, -0.05) is 11.6 Å². The van der Waals surface area contributed by atoms with Crippen molar-refractivity contribution in [1.82, 2.24) is 4.90 Å². The van der Waals surface area contributed by atoms with Crippen molar-refractivity contribution in [3.05, 3.63) is 28.8 Å². The molecule has 20 heavy (non-hydrogen) atoms. The molecule has 0 bridgehead atoms. The van der Waals surface area contributed by atoms with Crippen LogP contribution in [0.2, 0.25) is 5.02 Å². The van der Waals surface area contributed by atoms with Crippen molar-refractivity contribution >= 4 is 23.2 Å². The van der Waals surface area contributed by atoms with Crippen molar-refractivity contribution in [2.24, 2.45) is 5.92 Å². The summed E-state index contributed by atoms with van der Waals surface area (Å²) in [6, 6.07) is 5.34. The summed E-state index contributed by atoms with van der Waals surface area (Å²) in [5.74, 6) is 0.571. The van der Waals surface area contributed by atoms with Crippen molar-refractivity contribution in [3.63, 3.8) is 0 Å². The molecule has 1 heterocycles. The summed E-state index contributed by atoms with van der Waals surface area (Å²) in [5, 5.41) is 4.01.